The summed E-state index contributed by atoms with van der Waals surface area (Å²) in [6.07, 6.45) is 0. The van der Waals surface area contributed by atoms with Gasteiger partial charge in [-0.3, -0.25) is 0 Å². The molecule has 0 fully saturated rings. The van der Waals surface area contributed by atoms with Gasteiger partial charge in [-0.15, -0.1) is 0 Å². The molecule has 2 aliphatic carbocycles. The van der Waals surface area contributed by atoms with E-state index in [1.54, 1.807) is 0 Å². The van der Waals surface area contributed by atoms with Crippen LogP contribution < -0.4 is 0 Å². The molecule has 62 heavy (non-hydrogen) atoms. The van der Waals surface area contributed by atoms with E-state index in [9.17, 15) is 0 Å². The van der Waals surface area contributed by atoms with Crippen molar-refractivity contribution >= 4 is 21.9 Å². The van der Waals surface area contributed by atoms with Crippen molar-refractivity contribution in [1.29, 1.82) is 0 Å². The molecule has 2 heterocycles. The Kier molecular flexibility index (Phi) is 7.52. The van der Waals surface area contributed by atoms with Crippen LogP contribution in [0.2, 0.25) is 0 Å². The van der Waals surface area contributed by atoms with Crippen molar-refractivity contribution in [3.05, 3.63) is 241 Å². The minimum atomic E-state index is -0.546. The fourth-order valence-corrected chi connectivity index (χ4v) is 10.5. The lowest BCUT2D eigenvalue weighted by Crippen LogP contribution is -2.29. The number of benzene rings is 9. The van der Waals surface area contributed by atoms with E-state index in [0.29, 0.717) is 5.82 Å². The van der Waals surface area contributed by atoms with Gasteiger partial charge in [0, 0.05) is 27.5 Å². The van der Waals surface area contributed by atoms with Crippen LogP contribution in [0.25, 0.3) is 100 Å². The second-order valence-corrected chi connectivity index (χ2v) is 16.4. The zero-order valence-electron chi connectivity index (χ0n) is 33.6. The molecule has 2 aliphatic rings. The summed E-state index contributed by atoms with van der Waals surface area (Å²) >= 11 is 0. The molecule has 0 saturated heterocycles. The summed E-state index contributed by atoms with van der Waals surface area (Å²) in [4.78, 5) is 10.8. The Hall–Kier alpha value is -8.14. The number of furan rings is 1. The largest absolute Gasteiger partial charge is 0.456 e. The van der Waals surface area contributed by atoms with E-state index in [4.69, 9.17) is 14.4 Å². The van der Waals surface area contributed by atoms with Gasteiger partial charge >= 0.3 is 0 Å². The van der Waals surface area contributed by atoms with E-state index in [-0.39, 0.29) is 0 Å². The van der Waals surface area contributed by atoms with Crippen LogP contribution in [0.15, 0.2) is 223 Å². The number of hydrogen-bond donors (Lipinski definition) is 0. The second-order valence-electron chi connectivity index (χ2n) is 16.4. The quantitative estimate of drug-likeness (QED) is 0.178. The van der Waals surface area contributed by atoms with Gasteiger partial charge in [0.05, 0.1) is 16.8 Å². The van der Waals surface area contributed by atoms with Gasteiger partial charge < -0.3 is 4.42 Å². The number of para-hydroxylation sites is 1. The molecule has 0 aliphatic heterocycles. The molecular weight excluding hydrogens is 753 g/mol. The van der Waals surface area contributed by atoms with Gasteiger partial charge in [0.2, 0.25) is 0 Å². The Labute approximate surface area is 359 Å². The third-order valence-electron chi connectivity index (χ3n) is 13.2. The number of fused-ring (bicyclic) bond motifs is 15. The molecule has 1 spiro atoms. The van der Waals surface area contributed by atoms with Crippen LogP contribution in [-0.2, 0) is 5.41 Å². The Morgan fingerprint density at radius 2 is 0.758 bits per heavy atom. The first-order chi connectivity index (χ1) is 30.7. The van der Waals surface area contributed by atoms with E-state index in [1.807, 2.05) is 12.1 Å². The highest BCUT2D eigenvalue weighted by Crippen LogP contribution is 2.61. The molecule has 0 atom stereocenters. The molecule has 3 heteroatoms. The Morgan fingerprint density at radius 1 is 0.290 bits per heavy atom. The summed E-state index contributed by atoms with van der Waals surface area (Å²) in [6.45, 7) is 0. The molecule has 288 valence electrons. The first-order valence-corrected chi connectivity index (χ1v) is 21.2. The van der Waals surface area contributed by atoms with Crippen LogP contribution in [-0.4, -0.2) is 9.97 Å². The number of rotatable bonds is 4. The van der Waals surface area contributed by atoms with Gasteiger partial charge in [0.15, 0.2) is 5.82 Å². The molecule has 0 amide bonds. The van der Waals surface area contributed by atoms with Crippen molar-refractivity contribution in [2.45, 2.75) is 5.41 Å². The average molecular weight is 789 g/mol. The minimum Gasteiger partial charge on any atom is -0.456 e. The number of nitrogens with zero attached hydrogens (tertiary/aromatic N) is 2. The molecule has 0 unspecified atom stereocenters. The fourth-order valence-electron chi connectivity index (χ4n) is 10.5. The predicted molar refractivity (Wildman–Crippen MR) is 253 cm³/mol. The summed E-state index contributed by atoms with van der Waals surface area (Å²) in [5, 5.41) is 2.15. The maximum absolute atomic E-state index is 6.25. The van der Waals surface area contributed by atoms with E-state index in [2.05, 4.69) is 206 Å². The highest BCUT2D eigenvalue weighted by atomic mass is 16.3. The molecule has 13 rings (SSSR count). The van der Waals surface area contributed by atoms with Crippen LogP contribution in [0.1, 0.15) is 22.3 Å². The van der Waals surface area contributed by atoms with Crippen molar-refractivity contribution in [3.63, 3.8) is 0 Å². The lowest BCUT2D eigenvalue weighted by atomic mass is 9.66. The molecule has 11 aromatic rings. The SMILES string of the molecule is c1ccc(-c2ccccc2-c2nc(-c3ccc4c(c3)-c3ccccc3C43c4ccccc4-c4ccccc4-c4ccccc43)cc(-c3ccc4oc5ccccc5c4c3)n2)cc1. The normalized spacial score (nSPS) is 13.0. The van der Waals surface area contributed by atoms with Crippen LogP contribution >= 0.6 is 0 Å². The average Bonchev–Trinajstić information content (AvgIpc) is 3.84. The molecule has 0 N–H and O–H groups in total. The highest BCUT2D eigenvalue weighted by molar-refractivity contribution is 6.06. The van der Waals surface area contributed by atoms with Crippen molar-refractivity contribution < 1.29 is 4.42 Å². The van der Waals surface area contributed by atoms with E-state index in [1.165, 1.54) is 55.6 Å². The van der Waals surface area contributed by atoms with Gasteiger partial charge in [-0.1, -0.05) is 182 Å². The van der Waals surface area contributed by atoms with Crippen molar-refractivity contribution in [3.8, 4) is 78.4 Å². The van der Waals surface area contributed by atoms with Crippen LogP contribution in [0.5, 0.6) is 0 Å². The van der Waals surface area contributed by atoms with Crippen molar-refractivity contribution in [1.82, 2.24) is 9.97 Å². The monoisotopic (exact) mass is 788 g/mol. The molecule has 3 nitrogen and oxygen atoms in total. The van der Waals surface area contributed by atoms with E-state index in [0.717, 1.165) is 61.1 Å². The van der Waals surface area contributed by atoms with Gasteiger partial charge in [-0.2, -0.15) is 0 Å². The van der Waals surface area contributed by atoms with Crippen LogP contribution in [0.3, 0.4) is 0 Å². The fraction of sp³-hybridized carbons (Fsp3) is 0.0169. The Bertz CT molecular complexity index is 3530. The standard InChI is InChI=1S/C59H36N2O/c1-2-16-37(17-3-1)40-18-4-7-25-47(40)58-60-54(36-55(61-58)39-31-33-57-49(35-39)46-24-11-15-29-56(46)62-57)38-30-32-53-48(34-38)45-23-10-14-28-52(45)59(53)50-26-12-8-21-43(50)41-19-5-6-20-42(41)44-22-9-13-27-51(44)59/h1-36H. The van der Waals surface area contributed by atoms with E-state index < -0.39 is 5.41 Å². The van der Waals surface area contributed by atoms with Gasteiger partial charge in [-0.25, -0.2) is 9.97 Å². The molecule has 9 aromatic carbocycles. The molecule has 0 saturated carbocycles. The predicted octanol–water partition coefficient (Wildman–Crippen LogP) is 15.1. The third-order valence-corrected chi connectivity index (χ3v) is 13.2. The van der Waals surface area contributed by atoms with Crippen molar-refractivity contribution in [2.75, 3.05) is 0 Å². The Morgan fingerprint density at radius 3 is 1.42 bits per heavy atom. The van der Waals surface area contributed by atoms with E-state index >= 15 is 0 Å². The lowest BCUT2D eigenvalue weighted by molar-refractivity contribution is 0.669. The minimum absolute atomic E-state index is 0.546. The highest BCUT2D eigenvalue weighted by Gasteiger charge is 2.49. The Balaban J connectivity index is 1.06. The zero-order chi connectivity index (χ0) is 40.8. The first-order valence-electron chi connectivity index (χ1n) is 21.2. The third kappa shape index (κ3) is 5.00. The summed E-state index contributed by atoms with van der Waals surface area (Å²) < 4.78 is 6.25. The topological polar surface area (TPSA) is 38.9 Å². The second kappa shape index (κ2) is 13.4. The summed E-state index contributed by atoms with van der Waals surface area (Å²) in [5.74, 6) is 0.677. The molecular formula is C59H36N2O. The maximum Gasteiger partial charge on any atom is 0.161 e. The zero-order valence-corrected chi connectivity index (χ0v) is 33.6. The summed E-state index contributed by atoms with van der Waals surface area (Å²) in [5.41, 5.74) is 20.8. The summed E-state index contributed by atoms with van der Waals surface area (Å²) in [6, 6.07) is 78.7. The van der Waals surface area contributed by atoms with Gasteiger partial charge in [0.1, 0.15) is 11.2 Å². The summed E-state index contributed by atoms with van der Waals surface area (Å²) in [7, 11) is 0. The molecule has 0 radical (unpaired) electrons. The molecule has 2 aromatic heterocycles. The van der Waals surface area contributed by atoms with Gasteiger partial charge in [0.25, 0.3) is 0 Å². The smallest absolute Gasteiger partial charge is 0.161 e. The first kappa shape index (κ1) is 34.7. The van der Waals surface area contributed by atoms with Crippen molar-refractivity contribution in [2.24, 2.45) is 0 Å². The van der Waals surface area contributed by atoms with Gasteiger partial charge in [-0.05, 0) is 103 Å². The van der Waals surface area contributed by atoms with Crippen LogP contribution in [0.4, 0.5) is 0 Å². The number of hydrogen-bond acceptors (Lipinski definition) is 3. The maximum atomic E-state index is 6.25. The molecule has 0 bridgehead atoms. The van der Waals surface area contributed by atoms with Crippen LogP contribution in [0, 0.1) is 0 Å². The number of aromatic nitrogens is 2. The lowest BCUT2D eigenvalue weighted by Gasteiger charge is -2.35.